The highest BCUT2D eigenvalue weighted by molar-refractivity contribution is 7.10. The van der Waals surface area contributed by atoms with Gasteiger partial charge in [-0.3, -0.25) is 9.59 Å². The van der Waals surface area contributed by atoms with E-state index in [9.17, 15) is 9.59 Å². The predicted molar refractivity (Wildman–Crippen MR) is 142 cm³/mol. The minimum atomic E-state index is -0.161. The van der Waals surface area contributed by atoms with Crippen molar-refractivity contribution in [2.45, 2.75) is 32.2 Å². The molecular formula is C29H32N2O3S. The Bertz CT molecular complexity index is 1150. The summed E-state index contributed by atoms with van der Waals surface area (Å²) in [6, 6.07) is 19.6. The molecule has 1 atom stereocenters. The summed E-state index contributed by atoms with van der Waals surface area (Å²) in [5, 5.41) is 2.10. The molecule has 0 saturated carbocycles. The lowest BCUT2D eigenvalue weighted by molar-refractivity contribution is -0.139. The topological polar surface area (TPSA) is 49.9 Å². The zero-order chi connectivity index (χ0) is 24.6. The Labute approximate surface area is 211 Å². The first kappa shape index (κ1) is 24.7. The lowest BCUT2D eigenvalue weighted by Gasteiger charge is -2.37. The van der Waals surface area contributed by atoms with Crippen LogP contribution in [0.25, 0.3) is 6.08 Å². The van der Waals surface area contributed by atoms with Crippen molar-refractivity contribution in [1.82, 2.24) is 9.80 Å². The molecule has 35 heavy (non-hydrogen) atoms. The number of rotatable bonds is 9. The van der Waals surface area contributed by atoms with E-state index < -0.39 is 0 Å². The SMILES string of the molecule is CCCCN(CC(=O)N1CCc2sccc2[C@H]1c1ccc(OC)cc1)C(=O)/C=C/c1ccccc1. The predicted octanol–water partition coefficient (Wildman–Crippen LogP) is 5.57. The van der Waals surface area contributed by atoms with Crippen LogP contribution in [-0.4, -0.2) is 48.4 Å². The van der Waals surface area contributed by atoms with E-state index in [0.717, 1.165) is 36.1 Å². The molecule has 1 aliphatic heterocycles. The van der Waals surface area contributed by atoms with Crippen molar-refractivity contribution in [3.05, 3.63) is 93.7 Å². The number of benzene rings is 2. The maximum Gasteiger partial charge on any atom is 0.247 e. The Kier molecular flexibility index (Phi) is 8.37. The summed E-state index contributed by atoms with van der Waals surface area (Å²) in [7, 11) is 1.65. The first-order valence-corrected chi connectivity index (χ1v) is 13.0. The quantitative estimate of drug-likeness (QED) is 0.370. The van der Waals surface area contributed by atoms with E-state index in [-0.39, 0.29) is 24.4 Å². The number of carbonyl (C=O) groups excluding carboxylic acids is 2. The standard InChI is InChI=1S/C29H32N2O3S/c1-3-4-18-30(27(32)15-10-22-8-6-5-7-9-22)21-28(33)31-19-16-26-25(17-20-35-26)29(31)23-11-13-24(34-2)14-12-23/h5-15,17,20,29H,3-4,16,18-19,21H2,1-2H3/b15-10+/t29-/m1/s1. The molecule has 4 rings (SSSR count). The van der Waals surface area contributed by atoms with Gasteiger partial charge >= 0.3 is 0 Å². The Morgan fingerprint density at radius 2 is 1.89 bits per heavy atom. The van der Waals surface area contributed by atoms with E-state index in [1.165, 1.54) is 10.4 Å². The summed E-state index contributed by atoms with van der Waals surface area (Å²) in [5.41, 5.74) is 3.19. The van der Waals surface area contributed by atoms with Crippen LogP contribution in [0.4, 0.5) is 0 Å². The molecule has 0 fully saturated rings. The van der Waals surface area contributed by atoms with Gasteiger partial charge in [-0.25, -0.2) is 0 Å². The molecule has 0 unspecified atom stereocenters. The summed E-state index contributed by atoms with van der Waals surface area (Å²) >= 11 is 1.74. The highest BCUT2D eigenvalue weighted by Gasteiger charge is 2.33. The van der Waals surface area contributed by atoms with Crippen LogP contribution in [0.3, 0.4) is 0 Å². The van der Waals surface area contributed by atoms with Crippen LogP contribution in [-0.2, 0) is 16.0 Å². The Balaban J connectivity index is 1.55. The minimum absolute atomic E-state index is 0.0276. The lowest BCUT2D eigenvalue weighted by Crippen LogP contribution is -2.46. The fourth-order valence-electron chi connectivity index (χ4n) is 4.44. The molecule has 2 aromatic carbocycles. The summed E-state index contributed by atoms with van der Waals surface area (Å²) in [6.07, 6.45) is 6.03. The molecule has 0 bridgehead atoms. The van der Waals surface area contributed by atoms with Crippen LogP contribution in [0.15, 0.2) is 72.1 Å². The summed E-state index contributed by atoms with van der Waals surface area (Å²) in [4.78, 5) is 31.7. The number of hydrogen-bond donors (Lipinski definition) is 0. The first-order valence-electron chi connectivity index (χ1n) is 12.1. The molecule has 0 aliphatic carbocycles. The van der Waals surface area contributed by atoms with Crippen molar-refractivity contribution in [3.8, 4) is 5.75 Å². The number of hydrogen-bond acceptors (Lipinski definition) is 4. The number of ether oxygens (including phenoxy) is 1. The molecule has 0 saturated heterocycles. The van der Waals surface area contributed by atoms with Crippen LogP contribution >= 0.6 is 11.3 Å². The van der Waals surface area contributed by atoms with Crippen LogP contribution < -0.4 is 4.74 Å². The minimum Gasteiger partial charge on any atom is -0.497 e. The number of carbonyl (C=O) groups is 2. The number of unbranched alkanes of at least 4 members (excludes halogenated alkanes) is 1. The van der Waals surface area contributed by atoms with Gasteiger partial charge in [-0.15, -0.1) is 11.3 Å². The van der Waals surface area contributed by atoms with Crippen molar-refractivity contribution in [2.24, 2.45) is 0 Å². The fourth-order valence-corrected chi connectivity index (χ4v) is 5.34. The molecule has 0 radical (unpaired) electrons. The van der Waals surface area contributed by atoms with E-state index in [0.29, 0.717) is 13.1 Å². The molecule has 5 nitrogen and oxygen atoms in total. The monoisotopic (exact) mass is 488 g/mol. The average Bonchev–Trinajstić information content (AvgIpc) is 3.38. The van der Waals surface area contributed by atoms with E-state index in [2.05, 4.69) is 18.4 Å². The third kappa shape index (κ3) is 6.01. The second-order valence-electron chi connectivity index (χ2n) is 8.67. The molecule has 2 amide bonds. The molecule has 182 valence electrons. The number of nitrogens with zero attached hydrogens (tertiary/aromatic N) is 2. The fraction of sp³-hybridized carbons (Fsp3) is 0.310. The second-order valence-corrected chi connectivity index (χ2v) is 9.67. The van der Waals surface area contributed by atoms with Crippen molar-refractivity contribution >= 4 is 29.2 Å². The average molecular weight is 489 g/mol. The van der Waals surface area contributed by atoms with Crippen molar-refractivity contribution in [3.63, 3.8) is 0 Å². The van der Waals surface area contributed by atoms with Gasteiger partial charge in [-0.2, -0.15) is 0 Å². The van der Waals surface area contributed by atoms with Gasteiger partial charge in [0.15, 0.2) is 0 Å². The van der Waals surface area contributed by atoms with Crippen molar-refractivity contribution in [1.29, 1.82) is 0 Å². The molecule has 0 spiro atoms. The van der Waals surface area contributed by atoms with E-state index >= 15 is 0 Å². The number of methoxy groups -OCH3 is 1. The highest BCUT2D eigenvalue weighted by Crippen LogP contribution is 2.38. The maximum atomic E-state index is 13.7. The molecule has 3 aromatic rings. The molecule has 1 aliphatic rings. The molecule has 1 aromatic heterocycles. The largest absolute Gasteiger partial charge is 0.497 e. The number of thiophene rings is 1. The summed E-state index contributed by atoms with van der Waals surface area (Å²) in [5.74, 6) is 0.625. The van der Waals surface area contributed by atoms with Crippen LogP contribution in [0.1, 0.15) is 47.4 Å². The number of amides is 2. The van der Waals surface area contributed by atoms with Gasteiger partial charge in [-0.1, -0.05) is 55.8 Å². The Hall–Kier alpha value is -3.38. The zero-order valence-electron chi connectivity index (χ0n) is 20.4. The van der Waals surface area contributed by atoms with Gasteiger partial charge in [0, 0.05) is 24.0 Å². The van der Waals surface area contributed by atoms with Crippen LogP contribution in [0, 0.1) is 0 Å². The second kappa shape index (κ2) is 11.8. The van der Waals surface area contributed by atoms with E-state index in [1.807, 2.05) is 65.6 Å². The normalized spacial score (nSPS) is 15.1. The zero-order valence-corrected chi connectivity index (χ0v) is 21.2. The van der Waals surface area contributed by atoms with Gasteiger partial charge in [0.25, 0.3) is 0 Å². The smallest absolute Gasteiger partial charge is 0.247 e. The van der Waals surface area contributed by atoms with Gasteiger partial charge < -0.3 is 14.5 Å². The Morgan fingerprint density at radius 1 is 1.11 bits per heavy atom. The molecular weight excluding hydrogens is 456 g/mol. The maximum absolute atomic E-state index is 13.7. The van der Waals surface area contributed by atoms with E-state index in [4.69, 9.17) is 4.74 Å². The van der Waals surface area contributed by atoms with Crippen molar-refractivity contribution < 1.29 is 14.3 Å². The van der Waals surface area contributed by atoms with Gasteiger partial charge in [0.1, 0.15) is 12.3 Å². The summed E-state index contributed by atoms with van der Waals surface area (Å²) < 4.78 is 5.33. The van der Waals surface area contributed by atoms with Crippen molar-refractivity contribution in [2.75, 3.05) is 26.7 Å². The van der Waals surface area contributed by atoms with E-state index in [1.54, 1.807) is 29.4 Å². The van der Waals surface area contributed by atoms with Gasteiger partial charge in [-0.05, 0) is 59.2 Å². The third-order valence-corrected chi connectivity index (χ3v) is 7.35. The number of fused-ring (bicyclic) bond motifs is 1. The molecule has 0 N–H and O–H groups in total. The van der Waals surface area contributed by atoms with Crippen LogP contribution in [0.2, 0.25) is 0 Å². The highest BCUT2D eigenvalue weighted by atomic mass is 32.1. The molecule has 2 heterocycles. The third-order valence-electron chi connectivity index (χ3n) is 6.36. The molecule has 6 heteroatoms. The first-order chi connectivity index (χ1) is 17.1. The van der Waals surface area contributed by atoms with Gasteiger partial charge in [0.05, 0.1) is 13.2 Å². The van der Waals surface area contributed by atoms with Gasteiger partial charge in [0.2, 0.25) is 11.8 Å². The lowest BCUT2D eigenvalue weighted by atomic mass is 9.93. The Morgan fingerprint density at radius 3 is 2.60 bits per heavy atom. The van der Waals surface area contributed by atoms with Crippen LogP contribution in [0.5, 0.6) is 5.75 Å². The summed E-state index contributed by atoms with van der Waals surface area (Å²) in [6.45, 7) is 3.36.